The fraction of sp³-hybridized carbons (Fsp3) is 0.467. The number of carboxylic acids is 1. The molecule has 11 heteroatoms. The topological polar surface area (TPSA) is 94.9 Å². The van der Waals surface area contributed by atoms with Gasteiger partial charge in [0.2, 0.25) is 11.8 Å². The maximum atomic E-state index is 11.2. The molecule has 3 aromatic rings. The maximum absolute atomic E-state index is 11.2. The second kappa shape index (κ2) is 12.1. The van der Waals surface area contributed by atoms with Gasteiger partial charge in [0.1, 0.15) is 0 Å². The lowest BCUT2D eigenvalue weighted by Gasteiger charge is -2.32. The van der Waals surface area contributed by atoms with Crippen LogP contribution in [0.5, 0.6) is 11.6 Å². The van der Waals surface area contributed by atoms with E-state index in [4.69, 9.17) is 32.9 Å². The van der Waals surface area contributed by atoms with Gasteiger partial charge in [-0.25, -0.2) is 15.0 Å². The van der Waals surface area contributed by atoms with Crippen molar-refractivity contribution in [3.63, 3.8) is 0 Å². The number of nitrogens with zero attached hydrogens (tertiary/aromatic N) is 6. The number of aromatic nitrogens is 3. The van der Waals surface area contributed by atoms with Crippen molar-refractivity contribution in [2.75, 3.05) is 51.2 Å². The van der Waals surface area contributed by atoms with Crippen LogP contribution >= 0.6 is 23.2 Å². The molecule has 2 aliphatic heterocycles. The Morgan fingerprint density at radius 3 is 2.27 bits per heavy atom. The van der Waals surface area contributed by atoms with Crippen LogP contribution < -0.4 is 9.64 Å². The molecular weight excluding hydrogens is 563 g/mol. The molecule has 1 aliphatic carbocycles. The number of likely N-dealkylation sites (tertiary alicyclic amines) is 1. The zero-order valence-electron chi connectivity index (χ0n) is 23.0. The van der Waals surface area contributed by atoms with Crippen molar-refractivity contribution < 1.29 is 14.6 Å². The van der Waals surface area contributed by atoms with Crippen LogP contribution in [0.4, 0.5) is 5.95 Å². The van der Waals surface area contributed by atoms with E-state index in [0.29, 0.717) is 45.4 Å². The summed E-state index contributed by atoms with van der Waals surface area (Å²) < 4.78 is 6.19. The standard InChI is InChI=1S/C30H34Cl2N6O3/c1-36-2-4-38(5-3-36)30-33-14-26(15-34-30)41-28-9-20(8-27(35-28)21-11-24(31)13-25(32)12-21)16-37-17-22-6-19(10-29(39)40)7-23(22)18-37/h8-9,11-15,19,22-23H,2-7,10,16-18H2,1H3,(H,39,40). The van der Waals surface area contributed by atoms with Gasteiger partial charge in [0, 0.05) is 73.9 Å². The predicted octanol–water partition coefficient (Wildman–Crippen LogP) is 5.32. The summed E-state index contributed by atoms with van der Waals surface area (Å²) in [5.74, 6) is 2.39. The van der Waals surface area contributed by atoms with Crippen molar-refractivity contribution in [1.29, 1.82) is 0 Å². The number of ether oxygens (including phenoxy) is 1. The molecule has 0 spiro atoms. The highest BCUT2D eigenvalue weighted by Gasteiger charge is 2.41. The number of fused-ring (bicyclic) bond motifs is 1. The number of hydrogen-bond donors (Lipinski definition) is 1. The minimum atomic E-state index is -0.691. The van der Waals surface area contributed by atoms with E-state index in [1.807, 2.05) is 18.2 Å². The van der Waals surface area contributed by atoms with Gasteiger partial charge in [0.05, 0.1) is 18.1 Å². The van der Waals surface area contributed by atoms with E-state index in [0.717, 1.165) is 75.5 Å². The third-order valence-corrected chi connectivity index (χ3v) is 8.87. The fourth-order valence-electron chi connectivity index (χ4n) is 6.53. The quantitative estimate of drug-likeness (QED) is 0.370. The summed E-state index contributed by atoms with van der Waals surface area (Å²) in [7, 11) is 2.12. The molecule has 41 heavy (non-hydrogen) atoms. The van der Waals surface area contributed by atoms with Crippen molar-refractivity contribution >= 4 is 35.1 Å². The zero-order valence-corrected chi connectivity index (χ0v) is 24.6. The maximum Gasteiger partial charge on any atom is 0.303 e. The number of halogens is 2. The van der Waals surface area contributed by atoms with E-state index < -0.39 is 5.97 Å². The first-order valence-electron chi connectivity index (χ1n) is 14.1. The lowest BCUT2D eigenvalue weighted by molar-refractivity contribution is -0.138. The summed E-state index contributed by atoms with van der Waals surface area (Å²) in [4.78, 5) is 32.0. The van der Waals surface area contributed by atoms with Crippen molar-refractivity contribution in [3.05, 3.63) is 58.3 Å². The van der Waals surface area contributed by atoms with E-state index >= 15 is 0 Å². The summed E-state index contributed by atoms with van der Waals surface area (Å²) in [5.41, 5.74) is 2.60. The Bertz CT molecular complexity index is 1370. The number of anilines is 1. The Balaban J connectivity index is 1.20. The zero-order chi connectivity index (χ0) is 28.5. The number of carbonyl (C=O) groups is 1. The van der Waals surface area contributed by atoms with Crippen molar-refractivity contribution in [3.8, 4) is 22.9 Å². The first kappa shape index (κ1) is 28.2. The van der Waals surface area contributed by atoms with Crippen LogP contribution in [-0.4, -0.2) is 82.1 Å². The Hall–Kier alpha value is -2.98. The van der Waals surface area contributed by atoms with Crippen LogP contribution in [0.25, 0.3) is 11.3 Å². The summed E-state index contributed by atoms with van der Waals surface area (Å²) in [6, 6.07) is 9.42. The molecule has 6 rings (SSSR count). The molecule has 3 fully saturated rings. The average Bonchev–Trinajstić information content (AvgIpc) is 3.46. The molecular formula is C30H34Cl2N6O3. The molecule has 2 aromatic heterocycles. The molecule has 1 saturated carbocycles. The van der Waals surface area contributed by atoms with Crippen molar-refractivity contribution in [1.82, 2.24) is 24.8 Å². The van der Waals surface area contributed by atoms with E-state index in [-0.39, 0.29) is 6.42 Å². The number of carboxylic acid groups (broad SMARTS) is 1. The number of aliphatic carboxylic acids is 1. The normalized spacial score (nSPS) is 23.1. The lowest BCUT2D eigenvalue weighted by Crippen LogP contribution is -2.45. The highest BCUT2D eigenvalue weighted by molar-refractivity contribution is 6.35. The fourth-order valence-corrected chi connectivity index (χ4v) is 7.05. The highest BCUT2D eigenvalue weighted by Crippen LogP contribution is 2.43. The summed E-state index contributed by atoms with van der Waals surface area (Å²) >= 11 is 12.6. The van der Waals surface area contributed by atoms with E-state index in [1.54, 1.807) is 18.5 Å². The Kier molecular flexibility index (Phi) is 8.30. The minimum Gasteiger partial charge on any atom is -0.481 e. The number of hydrogen-bond acceptors (Lipinski definition) is 8. The SMILES string of the molecule is CN1CCN(c2ncc(Oc3cc(CN4CC5CC(CC(=O)O)CC5C4)cc(-c4cc(Cl)cc(Cl)c4)n3)cn2)CC1. The minimum absolute atomic E-state index is 0.281. The second-order valence-corrected chi connectivity index (χ2v) is 12.5. The van der Waals surface area contributed by atoms with Crippen molar-refractivity contribution in [2.45, 2.75) is 25.8 Å². The predicted molar refractivity (Wildman–Crippen MR) is 159 cm³/mol. The van der Waals surface area contributed by atoms with Crippen LogP contribution in [0, 0.1) is 17.8 Å². The van der Waals surface area contributed by atoms with Crippen LogP contribution in [0.15, 0.2) is 42.7 Å². The second-order valence-electron chi connectivity index (χ2n) is 11.6. The van der Waals surface area contributed by atoms with Gasteiger partial charge in [0.15, 0.2) is 5.75 Å². The molecule has 1 N–H and O–H groups in total. The summed E-state index contributed by atoms with van der Waals surface area (Å²) in [6.07, 6.45) is 5.66. The van der Waals surface area contributed by atoms with Gasteiger partial charge in [0.25, 0.3) is 0 Å². The third-order valence-electron chi connectivity index (χ3n) is 8.44. The molecule has 4 heterocycles. The van der Waals surface area contributed by atoms with E-state index in [2.05, 4.69) is 37.8 Å². The van der Waals surface area contributed by atoms with Crippen LogP contribution in [0.2, 0.25) is 10.0 Å². The monoisotopic (exact) mass is 596 g/mol. The lowest BCUT2D eigenvalue weighted by atomic mass is 10.0. The van der Waals surface area contributed by atoms with Crippen LogP contribution in [-0.2, 0) is 11.3 Å². The Labute approximate surface area is 250 Å². The summed E-state index contributed by atoms with van der Waals surface area (Å²) in [5, 5.41) is 10.3. The van der Waals surface area contributed by atoms with Gasteiger partial charge in [-0.2, -0.15) is 0 Å². The van der Waals surface area contributed by atoms with E-state index in [1.165, 1.54) is 0 Å². The first-order chi connectivity index (χ1) is 19.8. The molecule has 1 aromatic carbocycles. The molecule has 3 aliphatic rings. The van der Waals surface area contributed by atoms with Gasteiger partial charge in [-0.15, -0.1) is 0 Å². The van der Waals surface area contributed by atoms with Gasteiger partial charge < -0.3 is 19.6 Å². The summed E-state index contributed by atoms with van der Waals surface area (Å²) in [6.45, 7) is 6.44. The van der Waals surface area contributed by atoms with E-state index in [9.17, 15) is 9.90 Å². The van der Waals surface area contributed by atoms with Gasteiger partial charge >= 0.3 is 5.97 Å². The largest absolute Gasteiger partial charge is 0.481 e. The Morgan fingerprint density at radius 2 is 1.63 bits per heavy atom. The van der Waals surface area contributed by atoms with Gasteiger partial charge in [-0.05, 0) is 67.5 Å². The van der Waals surface area contributed by atoms with Crippen LogP contribution in [0.1, 0.15) is 24.8 Å². The smallest absolute Gasteiger partial charge is 0.303 e. The molecule has 2 saturated heterocycles. The first-order valence-corrected chi connectivity index (χ1v) is 14.9. The number of benzene rings is 1. The molecule has 2 atom stereocenters. The molecule has 0 bridgehead atoms. The molecule has 0 radical (unpaired) electrons. The molecule has 9 nitrogen and oxygen atoms in total. The molecule has 216 valence electrons. The molecule has 0 amide bonds. The average molecular weight is 598 g/mol. The molecule has 2 unspecified atom stereocenters. The highest BCUT2D eigenvalue weighted by atomic mass is 35.5. The Morgan fingerprint density at radius 1 is 0.976 bits per heavy atom. The number of likely N-dealkylation sites (N-methyl/N-ethyl adjacent to an activating group) is 1. The number of piperazine rings is 1. The van der Waals surface area contributed by atoms with Gasteiger partial charge in [-0.1, -0.05) is 23.2 Å². The van der Waals surface area contributed by atoms with Crippen molar-refractivity contribution in [2.24, 2.45) is 17.8 Å². The third kappa shape index (κ3) is 6.92. The number of pyridine rings is 1. The number of rotatable bonds is 8. The van der Waals surface area contributed by atoms with Gasteiger partial charge in [-0.3, -0.25) is 9.69 Å². The van der Waals surface area contributed by atoms with Crippen LogP contribution in [0.3, 0.4) is 0 Å².